The fourth-order valence-electron chi connectivity index (χ4n) is 1.06. The van der Waals surface area contributed by atoms with Crippen molar-refractivity contribution < 1.29 is 9.59 Å². The Bertz CT molecular complexity index is 438. The number of nitrogens with zero attached hydrogens (tertiary/aromatic N) is 1. The first-order valence-electron chi connectivity index (χ1n) is 5.23. The summed E-state index contributed by atoms with van der Waals surface area (Å²) in [5, 5.41) is 2.58. The SMILES string of the molecule is CC(C)(C)C(=O)CNC(=O)c1cncc(Br)c1. The number of rotatable bonds is 3. The Hall–Kier alpha value is -1.23. The van der Waals surface area contributed by atoms with Crippen LogP contribution in [-0.2, 0) is 4.79 Å². The zero-order chi connectivity index (χ0) is 13.1. The number of hydrogen-bond acceptors (Lipinski definition) is 3. The lowest BCUT2D eigenvalue weighted by Crippen LogP contribution is -2.35. The largest absolute Gasteiger partial charge is 0.345 e. The number of aromatic nitrogens is 1. The molecule has 17 heavy (non-hydrogen) atoms. The van der Waals surface area contributed by atoms with Gasteiger partial charge in [-0.15, -0.1) is 0 Å². The Kier molecular flexibility index (Phi) is 4.40. The van der Waals surface area contributed by atoms with Crippen LogP contribution in [0.1, 0.15) is 31.1 Å². The Balaban J connectivity index is 2.60. The first-order chi connectivity index (χ1) is 7.80. The molecule has 0 spiro atoms. The lowest BCUT2D eigenvalue weighted by atomic mass is 9.91. The smallest absolute Gasteiger partial charge is 0.253 e. The van der Waals surface area contributed by atoms with Crippen molar-refractivity contribution in [3.8, 4) is 0 Å². The number of ketones is 1. The summed E-state index contributed by atoms with van der Waals surface area (Å²) in [4.78, 5) is 27.2. The summed E-state index contributed by atoms with van der Waals surface area (Å²) in [5.41, 5.74) is -0.0101. The Morgan fingerprint density at radius 3 is 2.53 bits per heavy atom. The molecule has 1 N–H and O–H groups in total. The Morgan fingerprint density at radius 1 is 1.35 bits per heavy atom. The van der Waals surface area contributed by atoms with Gasteiger partial charge >= 0.3 is 0 Å². The van der Waals surface area contributed by atoms with Gasteiger partial charge in [-0.3, -0.25) is 14.6 Å². The van der Waals surface area contributed by atoms with E-state index in [1.54, 1.807) is 12.3 Å². The van der Waals surface area contributed by atoms with E-state index >= 15 is 0 Å². The number of hydrogen-bond donors (Lipinski definition) is 1. The number of pyridine rings is 1. The molecule has 1 aromatic heterocycles. The van der Waals surface area contributed by atoms with Crippen molar-refractivity contribution in [3.63, 3.8) is 0 Å². The van der Waals surface area contributed by atoms with E-state index in [9.17, 15) is 9.59 Å². The second-order valence-corrected chi connectivity index (χ2v) is 5.66. The second kappa shape index (κ2) is 5.40. The van der Waals surface area contributed by atoms with Crippen LogP contribution in [0.4, 0.5) is 0 Å². The monoisotopic (exact) mass is 298 g/mol. The van der Waals surface area contributed by atoms with Crippen LogP contribution in [0.15, 0.2) is 22.9 Å². The van der Waals surface area contributed by atoms with Gasteiger partial charge in [0.05, 0.1) is 12.1 Å². The fraction of sp³-hybridized carbons (Fsp3) is 0.417. The summed E-state index contributed by atoms with van der Waals surface area (Å²) >= 11 is 3.23. The minimum atomic E-state index is -0.442. The molecule has 0 unspecified atom stereocenters. The van der Waals surface area contributed by atoms with Gasteiger partial charge < -0.3 is 5.32 Å². The van der Waals surface area contributed by atoms with Crippen LogP contribution in [-0.4, -0.2) is 23.2 Å². The highest BCUT2D eigenvalue weighted by Gasteiger charge is 2.21. The topological polar surface area (TPSA) is 59.1 Å². The predicted octanol–water partition coefficient (Wildman–Crippen LogP) is 2.19. The van der Waals surface area contributed by atoms with Crippen molar-refractivity contribution in [2.24, 2.45) is 5.41 Å². The minimum absolute atomic E-state index is 0.00574. The van der Waals surface area contributed by atoms with Gasteiger partial charge in [0.15, 0.2) is 5.78 Å². The third kappa shape index (κ3) is 4.26. The molecule has 92 valence electrons. The predicted molar refractivity (Wildman–Crippen MR) is 68.7 cm³/mol. The van der Waals surface area contributed by atoms with Crippen molar-refractivity contribution in [1.82, 2.24) is 10.3 Å². The number of halogens is 1. The Labute approximate surface area is 109 Å². The van der Waals surface area contributed by atoms with Crippen molar-refractivity contribution in [1.29, 1.82) is 0 Å². The highest BCUT2D eigenvalue weighted by Crippen LogP contribution is 2.14. The zero-order valence-corrected chi connectivity index (χ0v) is 11.7. The van der Waals surface area contributed by atoms with E-state index in [1.807, 2.05) is 20.8 Å². The second-order valence-electron chi connectivity index (χ2n) is 4.75. The molecule has 0 bridgehead atoms. The molecule has 0 aliphatic heterocycles. The molecule has 0 fully saturated rings. The highest BCUT2D eigenvalue weighted by atomic mass is 79.9. The van der Waals surface area contributed by atoms with Crippen LogP contribution < -0.4 is 5.32 Å². The average Bonchev–Trinajstić information content (AvgIpc) is 2.24. The van der Waals surface area contributed by atoms with Crippen LogP contribution in [0.5, 0.6) is 0 Å². The van der Waals surface area contributed by atoms with Crippen LogP contribution in [0.25, 0.3) is 0 Å². The third-order valence-electron chi connectivity index (χ3n) is 2.21. The van der Waals surface area contributed by atoms with E-state index in [0.29, 0.717) is 5.56 Å². The summed E-state index contributed by atoms with van der Waals surface area (Å²) in [6, 6.07) is 1.66. The molecule has 0 radical (unpaired) electrons. The number of Topliss-reactive ketones (excluding diaryl/α,β-unsaturated/α-hetero) is 1. The molecule has 1 heterocycles. The molecule has 1 rings (SSSR count). The first-order valence-corrected chi connectivity index (χ1v) is 6.02. The van der Waals surface area contributed by atoms with Crippen molar-refractivity contribution in [2.75, 3.05) is 6.54 Å². The van der Waals surface area contributed by atoms with E-state index in [-0.39, 0.29) is 18.2 Å². The maximum Gasteiger partial charge on any atom is 0.253 e. The standard InChI is InChI=1S/C12H15BrN2O2/c1-12(2,3)10(16)7-15-11(17)8-4-9(13)6-14-5-8/h4-6H,7H2,1-3H3,(H,15,17). The Morgan fingerprint density at radius 2 is 2.00 bits per heavy atom. The van der Waals surface area contributed by atoms with Crippen LogP contribution in [0.2, 0.25) is 0 Å². The van der Waals surface area contributed by atoms with Crippen LogP contribution >= 0.6 is 15.9 Å². The van der Waals surface area contributed by atoms with E-state index < -0.39 is 5.41 Å². The molecular weight excluding hydrogens is 284 g/mol. The van der Waals surface area contributed by atoms with E-state index in [4.69, 9.17) is 0 Å². The van der Waals surface area contributed by atoms with Gasteiger partial charge in [0, 0.05) is 22.3 Å². The van der Waals surface area contributed by atoms with Gasteiger partial charge in [0.25, 0.3) is 5.91 Å². The summed E-state index contributed by atoms with van der Waals surface area (Å²) < 4.78 is 0.729. The summed E-state index contributed by atoms with van der Waals surface area (Å²) in [6.07, 6.45) is 3.05. The zero-order valence-electron chi connectivity index (χ0n) is 10.1. The highest BCUT2D eigenvalue weighted by molar-refractivity contribution is 9.10. The minimum Gasteiger partial charge on any atom is -0.345 e. The summed E-state index contributed by atoms with van der Waals surface area (Å²) in [7, 11) is 0. The quantitative estimate of drug-likeness (QED) is 0.930. The summed E-state index contributed by atoms with van der Waals surface area (Å²) in [6.45, 7) is 5.50. The van der Waals surface area contributed by atoms with Gasteiger partial charge in [-0.2, -0.15) is 0 Å². The molecule has 0 aromatic carbocycles. The fourth-order valence-corrected chi connectivity index (χ4v) is 1.43. The average molecular weight is 299 g/mol. The van der Waals surface area contributed by atoms with Gasteiger partial charge in [0.1, 0.15) is 0 Å². The molecule has 0 saturated heterocycles. The van der Waals surface area contributed by atoms with Crippen molar-refractivity contribution >= 4 is 27.6 Å². The van der Waals surface area contributed by atoms with Crippen LogP contribution in [0.3, 0.4) is 0 Å². The van der Waals surface area contributed by atoms with Gasteiger partial charge in [-0.25, -0.2) is 0 Å². The maximum atomic E-state index is 11.7. The van der Waals surface area contributed by atoms with E-state index in [0.717, 1.165) is 4.47 Å². The molecular formula is C12H15BrN2O2. The van der Waals surface area contributed by atoms with E-state index in [1.165, 1.54) is 6.20 Å². The summed E-state index contributed by atoms with van der Waals surface area (Å²) in [5.74, 6) is -0.301. The molecule has 5 heteroatoms. The van der Waals surface area contributed by atoms with Crippen molar-refractivity contribution in [2.45, 2.75) is 20.8 Å². The van der Waals surface area contributed by atoms with Gasteiger partial charge in [-0.05, 0) is 22.0 Å². The number of nitrogens with one attached hydrogen (secondary N) is 1. The van der Waals surface area contributed by atoms with E-state index in [2.05, 4.69) is 26.2 Å². The molecule has 1 aromatic rings. The normalized spacial score (nSPS) is 11.1. The maximum absolute atomic E-state index is 11.7. The van der Waals surface area contributed by atoms with Gasteiger partial charge in [-0.1, -0.05) is 20.8 Å². The number of amides is 1. The molecule has 4 nitrogen and oxygen atoms in total. The molecule has 1 amide bonds. The molecule has 0 saturated carbocycles. The lowest BCUT2D eigenvalue weighted by Gasteiger charge is -2.16. The first kappa shape index (κ1) is 13.8. The van der Waals surface area contributed by atoms with Crippen LogP contribution in [0, 0.1) is 5.41 Å². The van der Waals surface area contributed by atoms with Gasteiger partial charge in [0.2, 0.25) is 0 Å². The van der Waals surface area contributed by atoms with Crippen molar-refractivity contribution in [3.05, 3.63) is 28.5 Å². The molecule has 0 aliphatic rings. The lowest BCUT2D eigenvalue weighted by molar-refractivity contribution is -0.125. The number of carbonyl (C=O) groups excluding carboxylic acids is 2. The third-order valence-corrected chi connectivity index (χ3v) is 2.65. The molecule has 0 atom stereocenters. The number of carbonyl (C=O) groups is 2. The molecule has 0 aliphatic carbocycles.